The number of nitrogens with zero attached hydrogens (tertiary/aromatic N) is 1. The highest BCUT2D eigenvalue weighted by Gasteiger charge is 2.19. The summed E-state index contributed by atoms with van der Waals surface area (Å²) < 4.78 is 27.5. The molecule has 1 aromatic carbocycles. The van der Waals surface area contributed by atoms with Gasteiger partial charge in [0.1, 0.15) is 4.90 Å². The summed E-state index contributed by atoms with van der Waals surface area (Å²) in [5.74, 6) is -0.329. The minimum absolute atomic E-state index is 0.0315. The normalized spacial score (nSPS) is 11.4. The van der Waals surface area contributed by atoms with Crippen molar-refractivity contribution < 1.29 is 13.2 Å². The summed E-state index contributed by atoms with van der Waals surface area (Å²) in [7, 11) is -3.75. The molecule has 0 unspecified atom stereocenters. The molecule has 0 spiro atoms. The van der Waals surface area contributed by atoms with E-state index in [4.69, 9.17) is 0 Å². The number of H-pyrrole nitrogens is 1. The van der Waals surface area contributed by atoms with Crippen LogP contribution in [0.15, 0.2) is 29.2 Å². The summed E-state index contributed by atoms with van der Waals surface area (Å²) in [6.45, 7) is 5.09. The van der Waals surface area contributed by atoms with Crippen LogP contribution >= 0.6 is 0 Å². The van der Waals surface area contributed by atoms with Crippen LogP contribution in [0.25, 0.3) is 0 Å². The van der Waals surface area contributed by atoms with Crippen LogP contribution in [-0.2, 0) is 21.4 Å². The lowest BCUT2D eigenvalue weighted by Gasteiger charge is -2.11. The van der Waals surface area contributed by atoms with Crippen molar-refractivity contribution in [2.75, 3.05) is 5.32 Å². The molecule has 0 atom stereocenters. The molecular weight excluding hydrogens is 304 g/mol. The van der Waals surface area contributed by atoms with E-state index in [0.717, 1.165) is 17.0 Å². The maximum atomic E-state index is 12.5. The molecular formula is C14H18N4O3S. The van der Waals surface area contributed by atoms with Gasteiger partial charge in [0.2, 0.25) is 15.9 Å². The Morgan fingerprint density at radius 3 is 2.55 bits per heavy atom. The summed E-state index contributed by atoms with van der Waals surface area (Å²) in [6, 6.07) is 6.26. The maximum Gasteiger partial charge on any atom is 0.242 e. The molecule has 0 fully saturated rings. The number of amides is 1. The van der Waals surface area contributed by atoms with Crippen molar-refractivity contribution in [3.63, 3.8) is 0 Å². The van der Waals surface area contributed by atoms with Gasteiger partial charge < -0.3 is 5.32 Å². The molecule has 118 valence electrons. The van der Waals surface area contributed by atoms with Crippen molar-refractivity contribution in [1.82, 2.24) is 14.9 Å². The number of aromatic nitrogens is 2. The smallest absolute Gasteiger partial charge is 0.242 e. The third kappa shape index (κ3) is 3.52. The molecule has 0 aliphatic rings. The Balaban J connectivity index is 2.26. The molecule has 2 aromatic rings. The number of carbonyl (C=O) groups is 1. The van der Waals surface area contributed by atoms with Crippen LogP contribution in [0.1, 0.15) is 23.9 Å². The van der Waals surface area contributed by atoms with Crippen LogP contribution in [0.3, 0.4) is 0 Å². The number of carbonyl (C=O) groups excluding carboxylic acids is 1. The van der Waals surface area contributed by atoms with Crippen LogP contribution in [0.5, 0.6) is 0 Å². The summed E-state index contributed by atoms with van der Waals surface area (Å²) in [5.41, 5.74) is 2.62. The van der Waals surface area contributed by atoms with Gasteiger partial charge in [-0.2, -0.15) is 5.10 Å². The van der Waals surface area contributed by atoms with Crippen molar-refractivity contribution in [3.05, 3.63) is 41.2 Å². The number of para-hydroxylation sites is 1. The van der Waals surface area contributed by atoms with Crippen LogP contribution in [0.4, 0.5) is 5.69 Å². The summed E-state index contributed by atoms with van der Waals surface area (Å²) in [4.78, 5) is 11.2. The van der Waals surface area contributed by atoms with E-state index in [0.29, 0.717) is 0 Å². The number of sulfonamides is 1. The third-order valence-corrected chi connectivity index (χ3v) is 4.67. The van der Waals surface area contributed by atoms with E-state index < -0.39 is 10.0 Å². The molecule has 0 aliphatic heterocycles. The van der Waals surface area contributed by atoms with Gasteiger partial charge in [0.05, 0.1) is 11.4 Å². The average molecular weight is 322 g/mol. The quantitative estimate of drug-likeness (QED) is 0.775. The molecule has 0 saturated heterocycles. The molecule has 1 heterocycles. The van der Waals surface area contributed by atoms with Gasteiger partial charge in [0.15, 0.2) is 0 Å². The fourth-order valence-corrected chi connectivity index (χ4v) is 3.23. The van der Waals surface area contributed by atoms with E-state index in [1.807, 2.05) is 6.92 Å². The van der Waals surface area contributed by atoms with E-state index in [-0.39, 0.29) is 23.0 Å². The number of hydrogen-bond acceptors (Lipinski definition) is 4. The zero-order valence-electron chi connectivity index (χ0n) is 12.6. The number of nitrogens with one attached hydrogen (secondary N) is 3. The van der Waals surface area contributed by atoms with Crippen LogP contribution < -0.4 is 10.0 Å². The van der Waals surface area contributed by atoms with Crippen molar-refractivity contribution in [3.8, 4) is 0 Å². The predicted molar refractivity (Wildman–Crippen MR) is 82.8 cm³/mol. The van der Waals surface area contributed by atoms with Gasteiger partial charge in [0.25, 0.3) is 0 Å². The van der Waals surface area contributed by atoms with Gasteiger partial charge >= 0.3 is 0 Å². The second kappa shape index (κ2) is 6.29. The summed E-state index contributed by atoms with van der Waals surface area (Å²) in [5, 5.41) is 9.36. The molecule has 1 amide bonds. The monoisotopic (exact) mass is 322 g/mol. The predicted octanol–water partition coefficient (Wildman–Crippen LogP) is 1.46. The van der Waals surface area contributed by atoms with Gasteiger partial charge in [-0.3, -0.25) is 9.89 Å². The Bertz CT molecular complexity index is 777. The zero-order valence-corrected chi connectivity index (χ0v) is 13.4. The first kappa shape index (κ1) is 16.2. The molecule has 0 saturated carbocycles. The minimum atomic E-state index is -3.75. The second-order valence-electron chi connectivity index (χ2n) is 4.91. The fraction of sp³-hybridized carbons (Fsp3) is 0.286. The fourth-order valence-electron chi connectivity index (χ4n) is 2.07. The lowest BCUT2D eigenvalue weighted by molar-refractivity contribution is -0.114. The largest absolute Gasteiger partial charge is 0.325 e. The van der Waals surface area contributed by atoms with Gasteiger partial charge in [0, 0.05) is 24.7 Å². The first-order chi connectivity index (χ1) is 10.3. The Morgan fingerprint density at radius 1 is 1.27 bits per heavy atom. The van der Waals surface area contributed by atoms with Crippen molar-refractivity contribution in [2.24, 2.45) is 0 Å². The first-order valence-electron chi connectivity index (χ1n) is 6.68. The van der Waals surface area contributed by atoms with Gasteiger partial charge in [-0.1, -0.05) is 12.1 Å². The van der Waals surface area contributed by atoms with Crippen molar-refractivity contribution in [1.29, 1.82) is 0 Å². The molecule has 2 rings (SSSR count). The highest BCUT2D eigenvalue weighted by Crippen LogP contribution is 2.21. The van der Waals surface area contributed by atoms with Crippen LogP contribution in [0, 0.1) is 13.8 Å². The molecule has 8 heteroatoms. The van der Waals surface area contributed by atoms with Crippen LogP contribution in [-0.4, -0.2) is 24.5 Å². The van der Waals surface area contributed by atoms with Gasteiger partial charge in [-0.05, 0) is 26.0 Å². The Kier molecular flexibility index (Phi) is 4.62. The van der Waals surface area contributed by atoms with E-state index in [9.17, 15) is 13.2 Å². The number of hydrogen-bond donors (Lipinski definition) is 3. The van der Waals surface area contributed by atoms with Crippen molar-refractivity contribution in [2.45, 2.75) is 32.2 Å². The number of rotatable bonds is 5. The topological polar surface area (TPSA) is 104 Å². The maximum absolute atomic E-state index is 12.5. The Hall–Kier alpha value is -2.19. The second-order valence-corrected chi connectivity index (χ2v) is 6.65. The SMILES string of the molecule is CC(=O)Nc1ccccc1S(=O)(=O)NCc1c(C)n[nH]c1C. The highest BCUT2D eigenvalue weighted by atomic mass is 32.2. The minimum Gasteiger partial charge on any atom is -0.325 e. The first-order valence-corrected chi connectivity index (χ1v) is 8.16. The van der Waals surface area contributed by atoms with Crippen LogP contribution in [0.2, 0.25) is 0 Å². The number of aryl methyl sites for hydroxylation is 2. The summed E-state index contributed by atoms with van der Waals surface area (Å²) in [6.07, 6.45) is 0. The molecule has 1 aromatic heterocycles. The number of anilines is 1. The highest BCUT2D eigenvalue weighted by molar-refractivity contribution is 7.89. The number of benzene rings is 1. The lowest BCUT2D eigenvalue weighted by atomic mass is 10.2. The average Bonchev–Trinajstić information content (AvgIpc) is 2.76. The Morgan fingerprint density at radius 2 is 1.95 bits per heavy atom. The molecule has 0 aliphatic carbocycles. The molecule has 7 nitrogen and oxygen atoms in total. The Labute approximate surface area is 129 Å². The standard InChI is InChI=1S/C14H18N4O3S/c1-9-12(10(2)18-17-9)8-15-22(20,21)14-7-5-4-6-13(14)16-11(3)19/h4-7,15H,8H2,1-3H3,(H,16,19)(H,17,18). The molecule has 3 N–H and O–H groups in total. The van der Waals surface area contributed by atoms with E-state index in [1.54, 1.807) is 25.1 Å². The lowest BCUT2D eigenvalue weighted by Crippen LogP contribution is -2.25. The molecule has 0 bridgehead atoms. The van der Waals surface area contributed by atoms with Gasteiger partial charge in [-0.15, -0.1) is 0 Å². The third-order valence-electron chi connectivity index (χ3n) is 3.21. The number of aromatic amines is 1. The molecule has 0 radical (unpaired) electrons. The van der Waals surface area contributed by atoms with E-state index >= 15 is 0 Å². The molecule has 22 heavy (non-hydrogen) atoms. The van der Waals surface area contributed by atoms with Gasteiger partial charge in [-0.25, -0.2) is 13.1 Å². The zero-order chi connectivity index (χ0) is 16.3. The van der Waals surface area contributed by atoms with E-state index in [1.165, 1.54) is 13.0 Å². The van der Waals surface area contributed by atoms with E-state index in [2.05, 4.69) is 20.2 Å². The summed E-state index contributed by atoms with van der Waals surface area (Å²) >= 11 is 0. The van der Waals surface area contributed by atoms with Crippen molar-refractivity contribution >= 4 is 21.6 Å².